The topological polar surface area (TPSA) is 149 Å². The molecule has 0 radical (unpaired) electrons. The lowest BCUT2D eigenvalue weighted by Gasteiger charge is -2.10. The Labute approximate surface area is 198 Å². The molecule has 3 amide bonds. The van der Waals surface area contributed by atoms with Crippen molar-refractivity contribution >= 4 is 35.0 Å². The Morgan fingerprint density at radius 2 is 1.79 bits per heavy atom. The normalized spacial score (nSPS) is 19.5. The molecule has 1 saturated carbocycles. The average Bonchev–Trinajstić information content (AvgIpc) is 3.56. The number of primary amides is 1. The van der Waals surface area contributed by atoms with Crippen LogP contribution in [0.15, 0.2) is 83.0 Å². The molecule has 34 heavy (non-hydrogen) atoms. The van der Waals surface area contributed by atoms with Gasteiger partial charge in [0, 0.05) is 30.2 Å². The molecule has 0 spiro atoms. The number of pyridine rings is 1. The highest BCUT2D eigenvalue weighted by atomic mass is 35.5. The van der Waals surface area contributed by atoms with Gasteiger partial charge in [-0.1, -0.05) is 24.2 Å². The molecule has 1 fully saturated rings. The molecule has 3 rings (SSSR count). The second-order valence-electron chi connectivity index (χ2n) is 7.44. The number of amides is 3. The maximum Gasteiger partial charge on any atom is 0.255 e. The van der Waals surface area contributed by atoms with E-state index in [2.05, 4.69) is 17.2 Å². The van der Waals surface area contributed by atoms with Crippen LogP contribution in [-0.2, 0) is 14.4 Å². The van der Waals surface area contributed by atoms with Crippen LogP contribution in [0.25, 0.3) is 5.69 Å². The van der Waals surface area contributed by atoms with Gasteiger partial charge in [0.05, 0.1) is 34.2 Å². The second kappa shape index (κ2) is 10.2. The Morgan fingerprint density at radius 3 is 2.41 bits per heavy atom. The van der Waals surface area contributed by atoms with Gasteiger partial charge in [-0.25, -0.2) is 4.39 Å². The molecule has 1 aromatic carbocycles. The number of aromatic nitrogens is 1. The molecule has 1 aromatic heterocycles. The number of nitrogens with one attached hydrogen (secondary N) is 2. The first-order valence-corrected chi connectivity index (χ1v) is 10.3. The van der Waals surface area contributed by atoms with Gasteiger partial charge in [0.15, 0.2) is 0 Å². The van der Waals surface area contributed by atoms with E-state index in [0.717, 1.165) is 12.3 Å². The maximum absolute atomic E-state index is 14.6. The Hall–Kier alpha value is -4.18. The monoisotopic (exact) mass is 485 g/mol. The fourth-order valence-corrected chi connectivity index (χ4v) is 3.51. The second-order valence-corrected chi connectivity index (χ2v) is 7.88. The van der Waals surface area contributed by atoms with Crippen LogP contribution in [0.4, 0.5) is 10.1 Å². The highest BCUT2D eigenvalue weighted by Crippen LogP contribution is 2.47. The van der Waals surface area contributed by atoms with Gasteiger partial charge in [-0.3, -0.25) is 23.7 Å². The zero-order valence-electron chi connectivity index (χ0n) is 17.7. The molecule has 1 aliphatic carbocycles. The average molecular weight is 486 g/mol. The highest BCUT2D eigenvalue weighted by molar-refractivity contribution is 6.31. The van der Waals surface area contributed by atoms with Gasteiger partial charge in [0.1, 0.15) is 5.82 Å². The summed E-state index contributed by atoms with van der Waals surface area (Å²) >= 11 is 5.73. The third kappa shape index (κ3) is 5.41. The zero-order valence-corrected chi connectivity index (χ0v) is 18.5. The molecule has 9 nitrogen and oxygen atoms in total. The largest absolute Gasteiger partial charge is 0.403 e. The molecule has 0 saturated heterocycles. The van der Waals surface area contributed by atoms with Crippen molar-refractivity contribution in [2.45, 2.75) is 0 Å². The minimum atomic E-state index is -1.09. The van der Waals surface area contributed by atoms with Gasteiger partial charge in [-0.05, 0) is 30.4 Å². The summed E-state index contributed by atoms with van der Waals surface area (Å²) in [5, 5.41) is 5.04. The van der Waals surface area contributed by atoms with Crippen molar-refractivity contribution in [2.75, 3.05) is 5.32 Å². The maximum atomic E-state index is 14.6. The third-order valence-electron chi connectivity index (χ3n) is 5.15. The number of carbonyl (C=O) groups excluding carboxylic acids is 3. The molecule has 6 N–H and O–H groups in total. The summed E-state index contributed by atoms with van der Waals surface area (Å²) < 4.78 is 15.9. The number of rotatable bonds is 8. The zero-order chi connectivity index (χ0) is 25.0. The van der Waals surface area contributed by atoms with Crippen molar-refractivity contribution in [3.63, 3.8) is 0 Å². The van der Waals surface area contributed by atoms with Crippen LogP contribution in [-0.4, -0.2) is 22.3 Å². The summed E-state index contributed by atoms with van der Waals surface area (Å²) in [5.41, 5.74) is 10.5. The summed E-state index contributed by atoms with van der Waals surface area (Å²) in [6, 6.07) is 8.30. The van der Waals surface area contributed by atoms with Crippen LogP contribution in [0.2, 0.25) is 0 Å². The highest BCUT2D eigenvalue weighted by Gasteiger charge is 2.62. The molecule has 1 aliphatic rings. The van der Waals surface area contributed by atoms with Gasteiger partial charge >= 0.3 is 0 Å². The van der Waals surface area contributed by atoms with E-state index in [1.807, 2.05) is 0 Å². The summed E-state index contributed by atoms with van der Waals surface area (Å²) in [6.45, 7) is 3.63. The lowest BCUT2D eigenvalue weighted by Crippen LogP contribution is -2.26. The summed E-state index contributed by atoms with van der Waals surface area (Å²) in [7, 11) is 0. The van der Waals surface area contributed by atoms with E-state index in [1.165, 1.54) is 41.1 Å². The molecule has 3 atom stereocenters. The lowest BCUT2D eigenvalue weighted by molar-refractivity contribution is -0.125. The van der Waals surface area contributed by atoms with Gasteiger partial charge in [-0.15, -0.1) is 0 Å². The van der Waals surface area contributed by atoms with E-state index in [0.29, 0.717) is 0 Å². The number of carbonyl (C=O) groups is 3. The summed E-state index contributed by atoms with van der Waals surface area (Å²) in [4.78, 5) is 48.9. The Kier molecular flexibility index (Phi) is 7.32. The van der Waals surface area contributed by atoms with E-state index in [4.69, 9.17) is 23.1 Å². The molecular formula is C23H21ClFN5O4. The molecule has 2 aromatic rings. The molecule has 0 aliphatic heterocycles. The van der Waals surface area contributed by atoms with Crippen molar-refractivity contribution in [2.24, 2.45) is 29.2 Å². The number of anilines is 1. The first-order chi connectivity index (χ1) is 16.1. The van der Waals surface area contributed by atoms with Crippen molar-refractivity contribution in [3.8, 4) is 5.69 Å². The number of halogens is 2. The number of nitrogens with zero attached hydrogens (tertiary/aromatic N) is 1. The predicted octanol–water partition coefficient (Wildman–Crippen LogP) is 1.49. The van der Waals surface area contributed by atoms with Crippen molar-refractivity contribution in [1.82, 2.24) is 9.88 Å². The Morgan fingerprint density at radius 1 is 1.09 bits per heavy atom. The SMILES string of the molecule is C=C(/C=C\C(Cl)=C/N)NC(=O)[C@H]1[C@H](C(N)=O)[C@H]1C(=O)Nc1ccc(-n2ccccc2=O)cc1F. The minimum Gasteiger partial charge on any atom is -0.403 e. The van der Waals surface area contributed by atoms with Crippen molar-refractivity contribution in [3.05, 3.63) is 94.4 Å². The van der Waals surface area contributed by atoms with E-state index in [1.54, 1.807) is 12.1 Å². The van der Waals surface area contributed by atoms with Gasteiger partial charge in [-0.2, -0.15) is 0 Å². The Bertz CT molecular complexity index is 1290. The number of benzene rings is 1. The number of hydrogen-bond donors (Lipinski definition) is 4. The fraction of sp³-hybridized carbons (Fsp3) is 0.130. The predicted molar refractivity (Wildman–Crippen MR) is 125 cm³/mol. The molecule has 0 unspecified atom stereocenters. The van der Waals surface area contributed by atoms with Crippen LogP contribution in [0.3, 0.4) is 0 Å². The molecule has 0 bridgehead atoms. The summed E-state index contributed by atoms with van der Waals surface area (Å²) in [6.07, 6.45) is 5.39. The van der Waals surface area contributed by atoms with E-state index in [9.17, 15) is 23.6 Å². The number of hydrogen-bond acceptors (Lipinski definition) is 5. The van der Waals surface area contributed by atoms with Gasteiger partial charge < -0.3 is 22.1 Å². The van der Waals surface area contributed by atoms with Crippen LogP contribution >= 0.6 is 11.6 Å². The smallest absolute Gasteiger partial charge is 0.255 e. The third-order valence-corrected chi connectivity index (χ3v) is 5.40. The van der Waals surface area contributed by atoms with Gasteiger partial charge in [0.2, 0.25) is 17.7 Å². The minimum absolute atomic E-state index is 0.150. The van der Waals surface area contributed by atoms with E-state index in [-0.39, 0.29) is 27.7 Å². The van der Waals surface area contributed by atoms with Gasteiger partial charge in [0.25, 0.3) is 5.56 Å². The van der Waals surface area contributed by atoms with Crippen LogP contribution in [0.5, 0.6) is 0 Å². The number of nitrogens with two attached hydrogens (primary N) is 2. The first kappa shape index (κ1) is 24.5. The van der Waals surface area contributed by atoms with E-state index >= 15 is 0 Å². The molecule has 1 heterocycles. The summed E-state index contributed by atoms with van der Waals surface area (Å²) in [5.74, 6) is -6.23. The number of allylic oxidation sites excluding steroid dienone is 3. The quantitative estimate of drug-likeness (QED) is 0.418. The fourth-order valence-electron chi connectivity index (χ4n) is 3.45. The van der Waals surface area contributed by atoms with Crippen LogP contribution in [0, 0.1) is 23.6 Å². The standard InChI is InChI=1S/C23H21ClFN5O4/c1-12(5-6-13(24)11-26)28-22(33)19-18(21(27)32)20(19)23(34)29-16-8-7-14(10-15(16)25)30-9-3-2-4-17(30)31/h2-11,18-20H,1,26H2,(H2,27,32)(H,28,33)(H,29,34)/b6-5-,13-11+/t18-,19-,20+/m0/s1. The molecular weight excluding hydrogens is 465 g/mol. The van der Waals surface area contributed by atoms with Crippen LogP contribution in [0.1, 0.15) is 0 Å². The molecule has 11 heteroatoms. The van der Waals surface area contributed by atoms with E-state index < -0.39 is 41.3 Å². The molecule has 176 valence electrons. The van der Waals surface area contributed by atoms with Crippen molar-refractivity contribution < 1.29 is 18.8 Å². The Balaban J connectivity index is 1.71. The lowest BCUT2D eigenvalue weighted by atomic mass is 10.2. The first-order valence-electron chi connectivity index (χ1n) is 9.97. The van der Waals surface area contributed by atoms with Crippen LogP contribution < -0.4 is 27.7 Å². The van der Waals surface area contributed by atoms with Crippen molar-refractivity contribution in [1.29, 1.82) is 0 Å².